The van der Waals surface area contributed by atoms with E-state index in [1.54, 1.807) is 0 Å². The van der Waals surface area contributed by atoms with Crippen molar-refractivity contribution in [2.24, 2.45) is 5.41 Å². The first-order valence-electron chi connectivity index (χ1n) is 6.53. The van der Waals surface area contributed by atoms with Crippen molar-refractivity contribution in [1.82, 2.24) is 15.1 Å². The molecule has 5 aliphatic rings. The summed E-state index contributed by atoms with van der Waals surface area (Å²) in [5, 5.41) is 3.34. The first kappa shape index (κ1) is 10.1. The Hall–Kier alpha value is -0.840. The van der Waals surface area contributed by atoms with Gasteiger partial charge in [-0.2, -0.15) is 0 Å². The van der Waals surface area contributed by atoms with E-state index in [-0.39, 0.29) is 23.7 Å². The van der Waals surface area contributed by atoms with Gasteiger partial charge in [-0.3, -0.25) is 4.39 Å². The molecular weight excluding hydrogens is 221 g/mol. The summed E-state index contributed by atoms with van der Waals surface area (Å²) in [5.41, 5.74) is 0.00212. The van der Waals surface area contributed by atoms with Crippen molar-refractivity contribution in [3.63, 3.8) is 0 Å². The molecule has 5 fully saturated rings. The molecule has 3 aliphatic carbocycles. The third-order valence-electron chi connectivity index (χ3n) is 5.19. The Morgan fingerprint density at radius 2 is 2.18 bits per heavy atom. The van der Waals surface area contributed by atoms with Gasteiger partial charge in [0.1, 0.15) is 0 Å². The SMILES string of the molecule is O=C1N2CCNCC2CN1C12CC(CF)(C1)C2. The van der Waals surface area contributed by atoms with E-state index >= 15 is 0 Å². The molecular formula is C12H18FN3O. The summed E-state index contributed by atoms with van der Waals surface area (Å²) in [6, 6.07) is 0.537. The van der Waals surface area contributed by atoms with Gasteiger partial charge in [-0.1, -0.05) is 0 Å². The maximum atomic E-state index is 12.8. The van der Waals surface area contributed by atoms with Gasteiger partial charge in [0.2, 0.25) is 0 Å². The highest BCUT2D eigenvalue weighted by atomic mass is 19.1. The Morgan fingerprint density at radius 1 is 1.41 bits per heavy atom. The van der Waals surface area contributed by atoms with Gasteiger partial charge in [-0.25, -0.2) is 4.79 Å². The molecule has 2 amide bonds. The van der Waals surface area contributed by atoms with Crippen molar-refractivity contribution < 1.29 is 9.18 Å². The lowest BCUT2D eigenvalue weighted by Gasteiger charge is -2.72. The number of carbonyl (C=O) groups is 1. The van der Waals surface area contributed by atoms with Crippen LogP contribution in [0, 0.1) is 5.41 Å². The topological polar surface area (TPSA) is 35.6 Å². The fourth-order valence-corrected chi connectivity index (χ4v) is 4.38. The van der Waals surface area contributed by atoms with Crippen LogP contribution < -0.4 is 5.32 Å². The van der Waals surface area contributed by atoms with E-state index < -0.39 is 0 Å². The minimum atomic E-state index is -0.203. The molecule has 0 aromatic carbocycles. The summed E-state index contributed by atoms with van der Waals surface area (Å²) in [6.45, 7) is 3.27. The minimum absolute atomic E-state index is 0.0401. The summed E-state index contributed by atoms with van der Waals surface area (Å²) in [4.78, 5) is 16.4. The molecule has 5 heteroatoms. The van der Waals surface area contributed by atoms with Crippen LogP contribution in [0.3, 0.4) is 0 Å². The number of hydrogen-bond donors (Lipinski definition) is 1. The number of piperazine rings is 1. The van der Waals surface area contributed by atoms with Gasteiger partial charge in [0.05, 0.1) is 12.7 Å². The summed E-state index contributed by atoms with van der Waals surface area (Å²) in [6.07, 6.45) is 2.70. The number of nitrogens with one attached hydrogen (secondary N) is 1. The number of amides is 2. The van der Waals surface area contributed by atoms with E-state index in [9.17, 15) is 9.18 Å². The monoisotopic (exact) mass is 239 g/mol. The van der Waals surface area contributed by atoms with Crippen LogP contribution in [0.15, 0.2) is 0 Å². The van der Waals surface area contributed by atoms with Gasteiger partial charge in [-0.15, -0.1) is 0 Å². The second-order valence-corrected chi connectivity index (χ2v) is 6.33. The smallest absolute Gasteiger partial charge is 0.317 e. The van der Waals surface area contributed by atoms with Crippen LogP contribution in [0.5, 0.6) is 0 Å². The number of halogens is 1. The van der Waals surface area contributed by atoms with Crippen molar-refractivity contribution in [2.75, 3.05) is 32.9 Å². The molecule has 2 saturated heterocycles. The predicted molar refractivity (Wildman–Crippen MR) is 60.5 cm³/mol. The van der Waals surface area contributed by atoms with Crippen LogP contribution >= 0.6 is 0 Å². The molecule has 1 unspecified atom stereocenters. The molecule has 0 spiro atoms. The lowest BCUT2D eigenvalue weighted by molar-refractivity contribution is -0.207. The van der Waals surface area contributed by atoms with Crippen LogP contribution in [0.2, 0.25) is 0 Å². The van der Waals surface area contributed by atoms with E-state index in [4.69, 9.17) is 0 Å². The third-order valence-corrected chi connectivity index (χ3v) is 5.19. The maximum absolute atomic E-state index is 12.8. The highest BCUT2D eigenvalue weighted by Crippen LogP contribution is 2.70. The normalized spacial score (nSPS) is 47.6. The average Bonchev–Trinajstić information content (AvgIpc) is 2.55. The van der Waals surface area contributed by atoms with Gasteiger partial charge < -0.3 is 15.1 Å². The standard InChI is InChI=1S/C12H18FN3O/c13-8-11-5-12(6-11,7-11)16-4-9-3-14-1-2-15(9)10(16)17/h9,14H,1-8H2. The lowest BCUT2D eigenvalue weighted by atomic mass is 9.39. The predicted octanol–water partition coefficient (Wildman–Crippen LogP) is 0.588. The molecule has 2 heterocycles. The van der Waals surface area contributed by atoms with Crippen molar-refractivity contribution in [2.45, 2.75) is 30.8 Å². The van der Waals surface area contributed by atoms with E-state index in [0.29, 0.717) is 6.04 Å². The van der Waals surface area contributed by atoms with Crippen LogP contribution in [0.25, 0.3) is 0 Å². The van der Waals surface area contributed by atoms with Crippen LogP contribution in [-0.2, 0) is 0 Å². The highest BCUT2D eigenvalue weighted by molar-refractivity contribution is 5.79. The number of fused-ring (bicyclic) bond motifs is 1. The van der Waals surface area contributed by atoms with Gasteiger partial charge in [0.15, 0.2) is 0 Å². The number of rotatable bonds is 2. The molecule has 2 aliphatic heterocycles. The molecule has 4 nitrogen and oxygen atoms in total. The zero-order valence-corrected chi connectivity index (χ0v) is 9.91. The number of hydrogen-bond acceptors (Lipinski definition) is 2. The largest absolute Gasteiger partial charge is 0.320 e. The Labute approximate surface area is 100 Å². The average molecular weight is 239 g/mol. The van der Waals surface area contributed by atoms with E-state index in [0.717, 1.165) is 45.4 Å². The number of urea groups is 1. The van der Waals surface area contributed by atoms with Gasteiger partial charge in [0.25, 0.3) is 0 Å². The van der Waals surface area contributed by atoms with Crippen molar-refractivity contribution in [3.05, 3.63) is 0 Å². The Kier molecular flexibility index (Phi) is 1.75. The lowest BCUT2D eigenvalue weighted by Crippen LogP contribution is -2.75. The molecule has 3 saturated carbocycles. The summed E-state index contributed by atoms with van der Waals surface area (Å²) in [7, 11) is 0. The van der Waals surface area contributed by atoms with Gasteiger partial charge in [0, 0.05) is 37.1 Å². The van der Waals surface area contributed by atoms with Crippen LogP contribution in [0.1, 0.15) is 19.3 Å². The van der Waals surface area contributed by atoms with Gasteiger partial charge >= 0.3 is 6.03 Å². The van der Waals surface area contributed by atoms with E-state index in [1.807, 2.05) is 9.80 Å². The zero-order valence-electron chi connectivity index (χ0n) is 9.91. The number of alkyl halides is 1. The van der Waals surface area contributed by atoms with Crippen molar-refractivity contribution in [1.29, 1.82) is 0 Å². The summed E-state index contributed by atoms with van der Waals surface area (Å²) in [5.74, 6) is 0. The fraction of sp³-hybridized carbons (Fsp3) is 0.917. The molecule has 0 aromatic heterocycles. The van der Waals surface area contributed by atoms with Gasteiger partial charge in [-0.05, 0) is 19.3 Å². The highest BCUT2D eigenvalue weighted by Gasteiger charge is 2.72. The number of carbonyl (C=O) groups excluding carboxylic acids is 1. The molecule has 1 atom stereocenters. The Balaban J connectivity index is 1.52. The van der Waals surface area contributed by atoms with Crippen molar-refractivity contribution in [3.8, 4) is 0 Å². The first-order valence-corrected chi connectivity index (χ1v) is 6.53. The molecule has 5 rings (SSSR count). The molecule has 0 radical (unpaired) electrons. The zero-order chi connectivity index (χ0) is 11.7. The van der Waals surface area contributed by atoms with Crippen molar-refractivity contribution >= 4 is 6.03 Å². The number of nitrogens with zero attached hydrogens (tertiary/aromatic N) is 2. The Morgan fingerprint density at radius 3 is 2.82 bits per heavy atom. The maximum Gasteiger partial charge on any atom is 0.320 e. The fourth-order valence-electron chi connectivity index (χ4n) is 4.38. The minimum Gasteiger partial charge on any atom is -0.317 e. The quantitative estimate of drug-likeness (QED) is 0.765. The molecule has 2 bridgehead atoms. The van der Waals surface area contributed by atoms with Crippen LogP contribution in [0.4, 0.5) is 9.18 Å². The second-order valence-electron chi connectivity index (χ2n) is 6.33. The molecule has 0 aromatic rings. The second kappa shape index (κ2) is 2.94. The Bertz CT molecular complexity index is 366. The molecule has 17 heavy (non-hydrogen) atoms. The summed E-state index contributed by atoms with van der Waals surface area (Å²) < 4.78 is 12.8. The summed E-state index contributed by atoms with van der Waals surface area (Å²) >= 11 is 0. The van der Waals surface area contributed by atoms with Crippen LogP contribution in [-0.4, -0.2) is 60.3 Å². The van der Waals surface area contributed by atoms with E-state index in [1.165, 1.54) is 0 Å². The first-order chi connectivity index (χ1) is 8.18. The molecule has 1 N–H and O–H groups in total. The third kappa shape index (κ3) is 1.09. The van der Waals surface area contributed by atoms with E-state index in [2.05, 4.69) is 5.32 Å². The molecule has 94 valence electrons.